The van der Waals surface area contributed by atoms with Crippen molar-refractivity contribution in [2.45, 2.75) is 37.7 Å². The SMILES string of the molecule is C=C=C=C=C=C=C=C=CC1CCC2(CC1)OCCOOO/C=C/2CCS(=O)(=O)[O-].[Na+]. The first-order valence-corrected chi connectivity index (χ1v) is 10.6. The maximum absolute atomic E-state index is 11.1. The van der Waals surface area contributed by atoms with Gasteiger partial charge in [-0.05, 0) is 84.4 Å². The van der Waals surface area contributed by atoms with Gasteiger partial charge in [-0.15, -0.1) is 0 Å². The van der Waals surface area contributed by atoms with Crippen molar-refractivity contribution in [2.75, 3.05) is 19.0 Å². The van der Waals surface area contributed by atoms with Crippen molar-refractivity contribution in [2.24, 2.45) is 5.92 Å². The second-order valence-electron chi connectivity index (χ2n) is 6.43. The summed E-state index contributed by atoms with van der Waals surface area (Å²) in [6, 6.07) is 0. The molecule has 0 aromatic rings. The van der Waals surface area contributed by atoms with Crippen molar-refractivity contribution in [1.82, 2.24) is 0 Å². The molecule has 1 saturated carbocycles. The molecule has 0 amide bonds. The van der Waals surface area contributed by atoms with Crippen LogP contribution in [0.5, 0.6) is 0 Å². The smallest absolute Gasteiger partial charge is 0.748 e. The minimum absolute atomic E-state index is 0. The van der Waals surface area contributed by atoms with Crippen molar-refractivity contribution in [3.05, 3.63) is 64.6 Å². The van der Waals surface area contributed by atoms with Crippen molar-refractivity contribution in [3.63, 3.8) is 0 Å². The van der Waals surface area contributed by atoms with Gasteiger partial charge in [0.25, 0.3) is 0 Å². The standard InChI is InChI=1S/C21H22O7S.Na/c1-2-3-4-5-6-7-8-9-19-10-13-21(14-11-19)20(12-17-29(22,23)24)18-27-28-26-16-15-25-21;/h9,18-19H,1,10-17H2,(H,22,23,24);/q;+1/p-1/b20-18+;. The molecule has 0 N–H and O–H groups in total. The molecule has 0 atom stereocenters. The topological polar surface area (TPSA) is 94.1 Å². The van der Waals surface area contributed by atoms with Crippen LogP contribution in [-0.2, 0) is 29.7 Å². The Morgan fingerprint density at radius 1 is 1.17 bits per heavy atom. The van der Waals surface area contributed by atoms with E-state index in [0.29, 0.717) is 18.4 Å². The van der Waals surface area contributed by atoms with Crippen LogP contribution >= 0.6 is 0 Å². The molecule has 1 heterocycles. The number of hydrogen-bond donors (Lipinski definition) is 0. The first-order valence-electron chi connectivity index (χ1n) is 9.03. The predicted molar refractivity (Wildman–Crippen MR) is 101 cm³/mol. The quantitative estimate of drug-likeness (QED) is 0.261. The molecule has 0 saturated heterocycles. The van der Waals surface area contributed by atoms with Crippen LogP contribution in [0, 0.1) is 5.92 Å². The van der Waals surface area contributed by atoms with Gasteiger partial charge in [0.05, 0.1) is 22.3 Å². The van der Waals surface area contributed by atoms with E-state index in [1.807, 2.05) is 6.08 Å². The van der Waals surface area contributed by atoms with E-state index >= 15 is 0 Å². The van der Waals surface area contributed by atoms with Gasteiger partial charge < -0.3 is 14.2 Å². The van der Waals surface area contributed by atoms with E-state index in [0.717, 1.165) is 12.8 Å². The molecule has 0 aromatic heterocycles. The molecule has 9 heteroatoms. The van der Waals surface area contributed by atoms with Crippen LogP contribution in [0.15, 0.2) is 64.6 Å². The number of hydrogen-bond acceptors (Lipinski definition) is 7. The Morgan fingerprint density at radius 3 is 2.57 bits per heavy atom. The maximum Gasteiger partial charge on any atom is 1.00 e. The maximum atomic E-state index is 11.1. The first kappa shape index (κ1) is 26.6. The molecule has 7 nitrogen and oxygen atoms in total. The van der Waals surface area contributed by atoms with Crippen LogP contribution < -0.4 is 29.6 Å². The third kappa shape index (κ3) is 9.56. The van der Waals surface area contributed by atoms with Gasteiger partial charge in [0.1, 0.15) is 12.9 Å². The molecule has 1 spiro atoms. The molecule has 0 aromatic carbocycles. The molecule has 2 rings (SSSR count). The minimum Gasteiger partial charge on any atom is -0.748 e. The van der Waals surface area contributed by atoms with Gasteiger partial charge in [0, 0.05) is 11.3 Å². The van der Waals surface area contributed by atoms with Gasteiger partial charge in [0.15, 0.2) is 0 Å². The van der Waals surface area contributed by atoms with Crippen molar-refractivity contribution in [3.8, 4) is 0 Å². The van der Waals surface area contributed by atoms with Gasteiger partial charge in [-0.2, -0.15) is 4.89 Å². The molecule has 2 aliphatic rings. The van der Waals surface area contributed by atoms with E-state index in [1.165, 1.54) is 6.26 Å². The molecular formula is C21H21NaO7S. The Hall–Kier alpha value is -1.47. The van der Waals surface area contributed by atoms with Crippen LogP contribution in [0.25, 0.3) is 0 Å². The Morgan fingerprint density at radius 2 is 1.87 bits per heavy atom. The summed E-state index contributed by atoms with van der Waals surface area (Å²) < 4.78 is 39.3. The van der Waals surface area contributed by atoms with Gasteiger partial charge in [-0.3, -0.25) is 0 Å². The molecule has 1 aliphatic heterocycles. The first-order chi connectivity index (χ1) is 14.0. The Bertz CT molecular complexity index is 978. The van der Waals surface area contributed by atoms with E-state index in [2.05, 4.69) is 51.7 Å². The van der Waals surface area contributed by atoms with Crippen molar-refractivity contribution in [1.29, 1.82) is 0 Å². The summed E-state index contributed by atoms with van der Waals surface area (Å²) in [6.45, 7) is 3.76. The summed E-state index contributed by atoms with van der Waals surface area (Å²) in [4.78, 5) is 9.66. The van der Waals surface area contributed by atoms with Crippen LogP contribution in [0.3, 0.4) is 0 Å². The van der Waals surface area contributed by atoms with Gasteiger partial charge >= 0.3 is 29.6 Å². The summed E-state index contributed by atoms with van der Waals surface area (Å²) in [6.07, 6.45) is 5.97. The summed E-state index contributed by atoms with van der Waals surface area (Å²) in [5, 5.41) is 4.53. The van der Waals surface area contributed by atoms with Gasteiger partial charge in [0.2, 0.25) is 0 Å². The predicted octanol–water partition coefficient (Wildman–Crippen LogP) is -0.0797. The normalized spacial score (nSPS) is 25.1. The zero-order valence-corrected chi connectivity index (χ0v) is 19.7. The fourth-order valence-corrected chi connectivity index (χ4v) is 3.67. The number of allylic oxidation sites excluding steroid dienone is 1. The summed E-state index contributed by atoms with van der Waals surface area (Å²) >= 11 is 0. The average molecular weight is 440 g/mol. The summed E-state index contributed by atoms with van der Waals surface area (Å²) in [5.41, 5.74) is 18.1. The molecule has 0 bridgehead atoms. The average Bonchev–Trinajstić information content (AvgIpc) is 2.78. The van der Waals surface area contributed by atoms with E-state index in [-0.39, 0.29) is 55.1 Å². The molecule has 1 fully saturated rings. The van der Waals surface area contributed by atoms with E-state index in [1.54, 1.807) is 0 Å². The summed E-state index contributed by atoms with van der Waals surface area (Å²) in [5.74, 6) is -0.294. The van der Waals surface area contributed by atoms with Gasteiger partial charge in [-0.1, -0.05) is 11.5 Å². The van der Waals surface area contributed by atoms with Crippen LogP contribution in [0.1, 0.15) is 32.1 Å². The molecular weight excluding hydrogens is 419 g/mol. The third-order valence-electron chi connectivity index (χ3n) is 4.60. The molecule has 1 aliphatic carbocycles. The van der Waals surface area contributed by atoms with Crippen molar-refractivity contribution >= 4 is 10.1 Å². The Balaban J connectivity index is 0.00000450. The van der Waals surface area contributed by atoms with Crippen LogP contribution in [0.4, 0.5) is 0 Å². The second kappa shape index (κ2) is 13.8. The number of ether oxygens (including phenoxy) is 1. The van der Waals surface area contributed by atoms with E-state index in [4.69, 9.17) is 14.5 Å². The molecule has 154 valence electrons. The van der Waals surface area contributed by atoms with Gasteiger partial charge in [-0.25, -0.2) is 8.42 Å². The van der Waals surface area contributed by atoms with Crippen LogP contribution in [0.2, 0.25) is 0 Å². The Kier molecular flexibility index (Phi) is 12.2. The van der Waals surface area contributed by atoms with Crippen molar-refractivity contribution < 1.29 is 62.1 Å². The largest absolute Gasteiger partial charge is 1.00 e. The fraction of sp³-hybridized carbons (Fsp3) is 0.476. The summed E-state index contributed by atoms with van der Waals surface area (Å²) in [7, 11) is -4.37. The molecule has 0 radical (unpaired) electrons. The van der Waals surface area contributed by atoms with Crippen LogP contribution in [-0.4, -0.2) is 37.5 Å². The minimum atomic E-state index is -4.37. The third-order valence-corrected chi connectivity index (χ3v) is 5.30. The zero-order valence-electron chi connectivity index (χ0n) is 16.9. The Labute approximate surface area is 198 Å². The molecule has 30 heavy (non-hydrogen) atoms. The molecule has 0 unspecified atom stereocenters. The second-order valence-corrected chi connectivity index (χ2v) is 7.96. The fourth-order valence-electron chi connectivity index (χ4n) is 3.20. The zero-order chi connectivity index (χ0) is 21.0. The van der Waals surface area contributed by atoms with E-state index in [9.17, 15) is 13.0 Å². The monoisotopic (exact) mass is 440 g/mol. The van der Waals surface area contributed by atoms with E-state index < -0.39 is 21.5 Å². The number of rotatable bonds is 4.